The summed E-state index contributed by atoms with van der Waals surface area (Å²) in [6, 6.07) is 6.13. The summed E-state index contributed by atoms with van der Waals surface area (Å²) in [6.45, 7) is 5.29. The highest BCUT2D eigenvalue weighted by Gasteiger charge is 2.15. The number of unbranched alkanes of at least 4 members (excludes halogenated alkanes) is 3. The van der Waals surface area contributed by atoms with Crippen molar-refractivity contribution < 1.29 is 13.2 Å². The lowest BCUT2D eigenvalue weighted by molar-refractivity contribution is 0.0793. The average molecular weight is 340 g/mol. The lowest BCUT2D eigenvalue weighted by Gasteiger charge is -2.16. The number of nitrogens with one attached hydrogen (secondary N) is 1. The molecule has 0 saturated carbocycles. The molecule has 130 valence electrons. The zero-order valence-electron chi connectivity index (χ0n) is 14.3. The molecule has 0 aliphatic carbocycles. The van der Waals surface area contributed by atoms with Crippen LogP contribution in [0.2, 0.25) is 0 Å². The maximum absolute atomic E-state index is 12.2. The van der Waals surface area contributed by atoms with E-state index in [0.29, 0.717) is 18.7 Å². The van der Waals surface area contributed by atoms with Crippen LogP contribution in [0.4, 0.5) is 0 Å². The van der Waals surface area contributed by atoms with E-state index in [4.69, 9.17) is 0 Å². The number of rotatable bonds is 10. The van der Waals surface area contributed by atoms with Gasteiger partial charge in [0.1, 0.15) is 0 Å². The number of benzene rings is 1. The van der Waals surface area contributed by atoms with Crippen molar-refractivity contribution in [1.29, 1.82) is 0 Å². The standard InChI is InChI=1S/C17H28N2O3S/c1-4-6-8-13-18-23(21,22)16-11-9-15(10-12-16)17(20)19(3)14-7-5-2/h9-12,18H,4-8,13-14H2,1-3H3. The van der Waals surface area contributed by atoms with Crippen molar-refractivity contribution in [3.63, 3.8) is 0 Å². The van der Waals surface area contributed by atoms with Crippen LogP contribution in [0.5, 0.6) is 0 Å². The van der Waals surface area contributed by atoms with Gasteiger partial charge in [-0.05, 0) is 37.1 Å². The Morgan fingerprint density at radius 3 is 2.22 bits per heavy atom. The van der Waals surface area contributed by atoms with E-state index in [0.717, 1.165) is 32.1 Å². The third kappa shape index (κ3) is 6.31. The molecule has 1 rings (SSSR count). The van der Waals surface area contributed by atoms with E-state index in [1.54, 1.807) is 24.1 Å². The van der Waals surface area contributed by atoms with Crippen LogP contribution in [-0.2, 0) is 10.0 Å². The summed E-state index contributed by atoms with van der Waals surface area (Å²) in [5.41, 5.74) is 0.508. The molecule has 0 saturated heterocycles. The summed E-state index contributed by atoms with van der Waals surface area (Å²) in [4.78, 5) is 14.1. The van der Waals surface area contributed by atoms with Crippen molar-refractivity contribution in [1.82, 2.24) is 9.62 Å². The zero-order chi connectivity index (χ0) is 17.3. The van der Waals surface area contributed by atoms with Crippen LogP contribution in [0.1, 0.15) is 56.3 Å². The van der Waals surface area contributed by atoms with Crippen molar-refractivity contribution in [2.75, 3.05) is 20.1 Å². The quantitative estimate of drug-likeness (QED) is 0.666. The highest BCUT2D eigenvalue weighted by atomic mass is 32.2. The van der Waals surface area contributed by atoms with Crippen LogP contribution < -0.4 is 4.72 Å². The average Bonchev–Trinajstić information content (AvgIpc) is 2.56. The van der Waals surface area contributed by atoms with Gasteiger partial charge in [0.25, 0.3) is 5.91 Å². The summed E-state index contributed by atoms with van der Waals surface area (Å²) < 4.78 is 26.9. The van der Waals surface area contributed by atoms with E-state index >= 15 is 0 Å². The second-order valence-corrected chi connectivity index (χ2v) is 7.48. The van der Waals surface area contributed by atoms with Crippen LogP contribution in [0, 0.1) is 0 Å². The molecule has 5 nitrogen and oxygen atoms in total. The molecule has 0 aliphatic heterocycles. The molecule has 23 heavy (non-hydrogen) atoms. The highest BCUT2D eigenvalue weighted by Crippen LogP contribution is 2.12. The predicted molar refractivity (Wildman–Crippen MR) is 93.0 cm³/mol. The second-order valence-electron chi connectivity index (χ2n) is 5.71. The molecular formula is C17H28N2O3S. The maximum Gasteiger partial charge on any atom is 0.253 e. The van der Waals surface area contributed by atoms with Crippen molar-refractivity contribution in [3.05, 3.63) is 29.8 Å². The minimum absolute atomic E-state index is 0.0849. The highest BCUT2D eigenvalue weighted by molar-refractivity contribution is 7.89. The lowest BCUT2D eigenvalue weighted by Crippen LogP contribution is -2.28. The van der Waals surface area contributed by atoms with E-state index in [9.17, 15) is 13.2 Å². The number of hydrogen-bond donors (Lipinski definition) is 1. The van der Waals surface area contributed by atoms with Crippen LogP contribution in [0.25, 0.3) is 0 Å². The Morgan fingerprint density at radius 2 is 1.65 bits per heavy atom. The van der Waals surface area contributed by atoms with Gasteiger partial charge in [0.2, 0.25) is 10.0 Å². The minimum Gasteiger partial charge on any atom is -0.342 e. The fourth-order valence-corrected chi connectivity index (χ4v) is 3.23. The minimum atomic E-state index is -3.49. The molecule has 0 unspecified atom stereocenters. The first-order valence-corrected chi connectivity index (χ1v) is 9.76. The molecule has 6 heteroatoms. The molecule has 1 aromatic carbocycles. The first-order valence-electron chi connectivity index (χ1n) is 8.27. The first-order chi connectivity index (χ1) is 10.9. The Kier molecular flexibility index (Phi) is 8.26. The molecular weight excluding hydrogens is 312 g/mol. The van der Waals surface area contributed by atoms with Gasteiger partial charge in [0.15, 0.2) is 0 Å². The van der Waals surface area contributed by atoms with Gasteiger partial charge in [-0.15, -0.1) is 0 Å². The summed E-state index contributed by atoms with van der Waals surface area (Å²) in [7, 11) is -1.73. The molecule has 0 spiro atoms. The van der Waals surface area contributed by atoms with Crippen molar-refractivity contribution in [2.45, 2.75) is 50.8 Å². The molecule has 0 aromatic heterocycles. The molecule has 0 atom stereocenters. The number of amides is 1. The third-order valence-corrected chi connectivity index (χ3v) is 5.15. The van der Waals surface area contributed by atoms with Gasteiger partial charge in [-0.1, -0.05) is 33.1 Å². The maximum atomic E-state index is 12.2. The lowest BCUT2D eigenvalue weighted by atomic mass is 10.2. The van der Waals surface area contributed by atoms with Gasteiger partial charge in [-0.2, -0.15) is 0 Å². The number of carbonyl (C=O) groups excluding carboxylic acids is 1. The van der Waals surface area contributed by atoms with Crippen LogP contribution in [0.15, 0.2) is 29.2 Å². The van der Waals surface area contributed by atoms with Gasteiger partial charge in [-0.25, -0.2) is 13.1 Å². The third-order valence-electron chi connectivity index (χ3n) is 3.68. The molecule has 1 N–H and O–H groups in total. The van der Waals surface area contributed by atoms with Crippen molar-refractivity contribution in [3.8, 4) is 0 Å². The van der Waals surface area contributed by atoms with Gasteiger partial charge in [-0.3, -0.25) is 4.79 Å². The van der Waals surface area contributed by atoms with Gasteiger partial charge in [0.05, 0.1) is 4.90 Å². The molecule has 0 fully saturated rings. The summed E-state index contributed by atoms with van der Waals surface area (Å²) in [5, 5.41) is 0. The van der Waals surface area contributed by atoms with E-state index in [2.05, 4.69) is 18.6 Å². The number of sulfonamides is 1. The largest absolute Gasteiger partial charge is 0.342 e. The van der Waals surface area contributed by atoms with Gasteiger partial charge >= 0.3 is 0 Å². The normalized spacial score (nSPS) is 11.4. The summed E-state index contributed by atoms with van der Waals surface area (Å²) in [6.07, 6.45) is 4.85. The molecule has 1 amide bonds. The number of hydrogen-bond acceptors (Lipinski definition) is 3. The van der Waals surface area contributed by atoms with Crippen LogP contribution >= 0.6 is 0 Å². The number of nitrogens with zero attached hydrogens (tertiary/aromatic N) is 1. The van der Waals surface area contributed by atoms with Crippen LogP contribution in [0.3, 0.4) is 0 Å². The van der Waals surface area contributed by atoms with Gasteiger partial charge in [0, 0.05) is 25.7 Å². The predicted octanol–water partition coefficient (Wildman–Crippen LogP) is 3.03. The van der Waals surface area contributed by atoms with Gasteiger partial charge < -0.3 is 4.90 Å². The molecule has 0 radical (unpaired) electrons. The molecule has 0 aliphatic rings. The van der Waals surface area contributed by atoms with E-state index < -0.39 is 10.0 Å². The Labute approximate surface area is 140 Å². The van der Waals surface area contributed by atoms with E-state index in [1.807, 2.05) is 0 Å². The summed E-state index contributed by atoms with van der Waals surface area (Å²) >= 11 is 0. The fraction of sp³-hybridized carbons (Fsp3) is 0.588. The Bertz CT molecular complexity index is 582. The fourth-order valence-electron chi connectivity index (χ4n) is 2.16. The molecule has 1 aromatic rings. The molecule has 0 bridgehead atoms. The Morgan fingerprint density at radius 1 is 1.04 bits per heavy atom. The summed E-state index contributed by atoms with van der Waals surface area (Å²) in [5.74, 6) is -0.0849. The SMILES string of the molecule is CCCCCNS(=O)(=O)c1ccc(C(=O)N(C)CCCC)cc1. The number of carbonyl (C=O) groups is 1. The Balaban J connectivity index is 2.70. The zero-order valence-corrected chi connectivity index (χ0v) is 15.2. The smallest absolute Gasteiger partial charge is 0.253 e. The van der Waals surface area contributed by atoms with Crippen molar-refractivity contribution in [2.24, 2.45) is 0 Å². The first kappa shape index (κ1) is 19.6. The van der Waals surface area contributed by atoms with Crippen LogP contribution in [-0.4, -0.2) is 39.4 Å². The topological polar surface area (TPSA) is 66.5 Å². The monoisotopic (exact) mass is 340 g/mol. The van der Waals surface area contributed by atoms with E-state index in [1.165, 1.54) is 12.1 Å². The Hall–Kier alpha value is -1.40. The van der Waals surface area contributed by atoms with E-state index in [-0.39, 0.29) is 10.8 Å². The molecule has 0 heterocycles. The second kappa shape index (κ2) is 9.67. The van der Waals surface area contributed by atoms with Crippen molar-refractivity contribution >= 4 is 15.9 Å².